The van der Waals surface area contributed by atoms with Crippen molar-refractivity contribution in [1.29, 1.82) is 5.26 Å². The number of aromatic nitrogens is 3. The van der Waals surface area contributed by atoms with E-state index in [2.05, 4.69) is 21.0 Å². The van der Waals surface area contributed by atoms with E-state index in [4.69, 9.17) is 17.3 Å². The molecule has 0 amide bonds. The van der Waals surface area contributed by atoms with Gasteiger partial charge in [0.1, 0.15) is 22.5 Å². The minimum absolute atomic E-state index is 0.0713. The molecule has 0 aliphatic carbocycles. The van der Waals surface area contributed by atoms with Gasteiger partial charge in [-0.3, -0.25) is 4.79 Å². The van der Waals surface area contributed by atoms with Crippen LogP contribution in [0.3, 0.4) is 0 Å². The summed E-state index contributed by atoms with van der Waals surface area (Å²) in [5.41, 5.74) is 9.02. The SMILES string of the molecule is Cc1nc(-c2ccc(Cl)cc2)sc1C(=O)CSc1nc(N)c(C#N)c(-c2ccccc2)n1. The van der Waals surface area contributed by atoms with Crippen LogP contribution in [0.4, 0.5) is 5.82 Å². The van der Waals surface area contributed by atoms with Crippen molar-refractivity contribution in [3.63, 3.8) is 0 Å². The molecule has 158 valence electrons. The number of anilines is 1. The van der Waals surface area contributed by atoms with Gasteiger partial charge in [-0.15, -0.1) is 11.3 Å². The third-order valence-corrected chi connectivity index (χ3v) is 6.90. The van der Waals surface area contributed by atoms with E-state index < -0.39 is 0 Å². The molecule has 0 unspecified atom stereocenters. The first-order valence-electron chi connectivity index (χ1n) is 9.48. The van der Waals surface area contributed by atoms with E-state index >= 15 is 0 Å². The third-order valence-electron chi connectivity index (χ3n) is 4.55. The highest BCUT2D eigenvalue weighted by atomic mass is 35.5. The zero-order valence-corrected chi connectivity index (χ0v) is 19.3. The van der Waals surface area contributed by atoms with Crippen LogP contribution in [0.2, 0.25) is 5.02 Å². The Morgan fingerprint density at radius 2 is 1.81 bits per heavy atom. The minimum atomic E-state index is -0.0713. The Kier molecular flexibility index (Phi) is 6.51. The number of hydrogen-bond acceptors (Lipinski definition) is 8. The van der Waals surface area contributed by atoms with Gasteiger partial charge in [-0.2, -0.15) is 5.26 Å². The largest absolute Gasteiger partial charge is 0.382 e. The Balaban J connectivity index is 1.55. The average Bonchev–Trinajstić information content (AvgIpc) is 3.19. The zero-order valence-electron chi connectivity index (χ0n) is 16.9. The molecular weight excluding hydrogens is 462 g/mol. The van der Waals surface area contributed by atoms with Crippen molar-refractivity contribution < 1.29 is 4.79 Å². The maximum atomic E-state index is 12.9. The molecule has 0 radical (unpaired) electrons. The fraction of sp³-hybridized carbons (Fsp3) is 0.0870. The van der Waals surface area contributed by atoms with Gasteiger partial charge < -0.3 is 5.73 Å². The van der Waals surface area contributed by atoms with E-state index in [1.54, 1.807) is 12.1 Å². The van der Waals surface area contributed by atoms with Crippen LogP contribution in [0.15, 0.2) is 59.8 Å². The van der Waals surface area contributed by atoms with Crippen LogP contribution in [0.1, 0.15) is 20.9 Å². The number of nitrogens with two attached hydrogens (primary N) is 1. The number of nitrogens with zero attached hydrogens (tertiary/aromatic N) is 4. The molecule has 2 N–H and O–H groups in total. The van der Waals surface area contributed by atoms with E-state index in [-0.39, 0.29) is 22.9 Å². The molecule has 2 aromatic carbocycles. The monoisotopic (exact) mass is 477 g/mol. The molecule has 0 aliphatic heterocycles. The first kappa shape index (κ1) is 22.0. The highest BCUT2D eigenvalue weighted by Crippen LogP contribution is 2.31. The highest BCUT2D eigenvalue weighted by Gasteiger charge is 2.19. The van der Waals surface area contributed by atoms with Gasteiger partial charge in [0.2, 0.25) is 0 Å². The van der Waals surface area contributed by atoms with Crippen LogP contribution in [0.25, 0.3) is 21.8 Å². The Morgan fingerprint density at radius 3 is 2.50 bits per heavy atom. The molecule has 0 bridgehead atoms. The van der Waals surface area contributed by atoms with Crippen molar-refractivity contribution >= 4 is 46.3 Å². The van der Waals surface area contributed by atoms with E-state index in [1.165, 1.54) is 23.1 Å². The first-order chi connectivity index (χ1) is 15.5. The number of carbonyl (C=O) groups is 1. The van der Waals surface area contributed by atoms with Crippen molar-refractivity contribution in [2.45, 2.75) is 12.1 Å². The Bertz CT molecular complexity index is 1330. The van der Waals surface area contributed by atoms with E-state index in [0.29, 0.717) is 26.4 Å². The lowest BCUT2D eigenvalue weighted by atomic mass is 10.1. The molecule has 0 aliphatic rings. The quantitative estimate of drug-likeness (QED) is 0.217. The third kappa shape index (κ3) is 4.65. The minimum Gasteiger partial charge on any atom is -0.382 e. The molecule has 32 heavy (non-hydrogen) atoms. The maximum absolute atomic E-state index is 12.9. The van der Waals surface area contributed by atoms with Crippen molar-refractivity contribution in [1.82, 2.24) is 15.0 Å². The van der Waals surface area contributed by atoms with Crippen molar-refractivity contribution in [3.8, 4) is 27.9 Å². The standard InChI is InChI=1S/C23H16ClN5OS2/c1-13-20(32-22(27-13)15-7-9-16(24)10-8-15)18(30)12-31-23-28-19(14-5-3-2-4-6-14)17(11-25)21(26)29-23/h2-10H,12H2,1H3,(H2,26,28,29). The Morgan fingerprint density at radius 1 is 1.09 bits per heavy atom. The summed E-state index contributed by atoms with van der Waals surface area (Å²) in [6, 6.07) is 18.7. The van der Waals surface area contributed by atoms with Gasteiger partial charge in [0, 0.05) is 16.1 Å². The highest BCUT2D eigenvalue weighted by molar-refractivity contribution is 7.99. The second kappa shape index (κ2) is 9.49. The average molecular weight is 478 g/mol. The number of rotatable bonds is 6. The van der Waals surface area contributed by atoms with Crippen LogP contribution in [-0.2, 0) is 0 Å². The molecule has 0 spiro atoms. The van der Waals surface area contributed by atoms with Gasteiger partial charge in [0.15, 0.2) is 10.9 Å². The van der Waals surface area contributed by atoms with Crippen LogP contribution >= 0.6 is 34.7 Å². The second-order valence-corrected chi connectivity index (χ2v) is 9.12. The smallest absolute Gasteiger partial charge is 0.190 e. The van der Waals surface area contributed by atoms with Gasteiger partial charge in [0.25, 0.3) is 0 Å². The Labute approximate surface area is 198 Å². The van der Waals surface area contributed by atoms with Crippen molar-refractivity contribution in [3.05, 3.63) is 75.8 Å². The number of hydrogen-bond donors (Lipinski definition) is 1. The number of thiazole rings is 1. The predicted octanol–water partition coefficient (Wildman–Crippen LogP) is 5.66. The van der Waals surface area contributed by atoms with Crippen molar-refractivity contribution in [2.75, 3.05) is 11.5 Å². The summed E-state index contributed by atoms with van der Waals surface area (Å²) < 4.78 is 0. The zero-order chi connectivity index (χ0) is 22.7. The molecule has 0 fully saturated rings. The summed E-state index contributed by atoms with van der Waals surface area (Å²) in [4.78, 5) is 26.7. The van der Waals surface area contributed by atoms with Gasteiger partial charge in [0.05, 0.1) is 22.0 Å². The molecule has 0 atom stereocenters. The molecule has 4 rings (SSSR count). The maximum Gasteiger partial charge on any atom is 0.190 e. The lowest BCUT2D eigenvalue weighted by molar-refractivity contribution is 0.102. The number of aryl methyl sites for hydroxylation is 1. The van der Waals surface area contributed by atoms with Crippen LogP contribution in [0.5, 0.6) is 0 Å². The summed E-state index contributed by atoms with van der Waals surface area (Å²) in [7, 11) is 0. The molecule has 4 aromatic rings. The number of thioether (sulfide) groups is 1. The van der Waals surface area contributed by atoms with Gasteiger partial charge in [-0.25, -0.2) is 15.0 Å². The number of nitrogen functional groups attached to an aromatic ring is 1. The summed E-state index contributed by atoms with van der Waals surface area (Å²) in [6.07, 6.45) is 0. The number of Topliss-reactive ketones (excluding diaryl/α,β-unsaturated/α-hetero) is 1. The molecule has 6 nitrogen and oxygen atoms in total. The fourth-order valence-electron chi connectivity index (χ4n) is 3.00. The Hall–Kier alpha value is -3.25. The second-order valence-electron chi connectivity index (χ2n) is 6.75. The molecule has 0 saturated carbocycles. The molecule has 0 saturated heterocycles. The molecular formula is C23H16ClN5OS2. The van der Waals surface area contributed by atoms with Gasteiger partial charge >= 0.3 is 0 Å². The molecule has 9 heteroatoms. The number of nitriles is 1. The van der Waals surface area contributed by atoms with E-state index in [1.807, 2.05) is 49.4 Å². The predicted molar refractivity (Wildman–Crippen MR) is 129 cm³/mol. The summed E-state index contributed by atoms with van der Waals surface area (Å²) >= 11 is 8.48. The van der Waals surface area contributed by atoms with Gasteiger partial charge in [-0.05, 0) is 19.1 Å². The van der Waals surface area contributed by atoms with E-state index in [9.17, 15) is 10.1 Å². The summed E-state index contributed by atoms with van der Waals surface area (Å²) in [5.74, 6) is 0.149. The molecule has 2 heterocycles. The normalized spacial score (nSPS) is 10.7. The number of halogens is 1. The lowest BCUT2D eigenvalue weighted by Gasteiger charge is -2.08. The number of benzene rings is 2. The summed E-state index contributed by atoms with van der Waals surface area (Å²) in [5, 5.41) is 11.2. The van der Waals surface area contributed by atoms with Gasteiger partial charge in [-0.1, -0.05) is 65.8 Å². The first-order valence-corrected chi connectivity index (χ1v) is 11.7. The number of carbonyl (C=O) groups excluding carboxylic acids is 1. The number of ketones is 1. The van der Waals surface area contributed by atoms with Crippen LogP contribution in [-0.4, -0.2) is 26.5 Å². The topological polar surface area (TPSA) is 106 Å². The molecule has 2 aromatic heterocycles. The van der Waals surface area contributed by atoms with Crippen LogP contribution < -0.4 is 5.73 Å². The van der Waals surface area contributed by atoms with Crippen molar-refractivity contribution in [2.24, 2.45) is 0 Å². The summed E-state index contributed by atoms with van der Waals surface area (Å²) in [6.45, 7) is 1.82. The fourth-order valence-corrected chi connectivity index (χ4v) is 4.95. The van der Waals surface area contributed by atoms with E-state index in [0.717, 1.165) is 16.1 Å². The van der Waals surface area contributed by atoms with Crippen LogP contribution in [0, 0.1) is 18.3 Å². The lowest BCUT2D eigenvalue weighted by Crippen LogP contribution is -2.06.